The molecule has 24 heavy (non-hydrogen) atoms. The number of para-hydroxylation sites is 1. The molecule has 0 radical (unpaired) electrons. The van der Waals surface area contributed by atoms with Crippen molar-refractivity contribution >= 4 is 22.8 Å². The van der Waals surface area contributed by atoms with E-state index in [0.29, 0.717) is 17.3 Å². The monoisotopic (exact) mass is 331 g/mol. The molecule has 2 rings (SSSR count). The van der Waals surface area contributed by atoms with E-state index in [4.69, 9.17) is 0 Å². The van der Waals surface area contributed by atoms with Gasteiger partial charge in [-0.1, -0.05) is 32.4 Å². The van der Waals surface area contributed by atoms with Gasteiger partial charge in [-0.15, -0.1) is 0 Å². The summed E-state index contributed by atoms with van der Waals surface area (Å²) in [6.45, 7) is 3.79. The van der Waals surface area contributed by atoms with Gasteiger partial charge in [0.2, 0.25) is 5.91 Å². The highest BCUT2D eigenvalue weighted by molar-refractivity contribution is 5.83. The first-order valence-electron chi connectivity index (χ1n) is 7.90. The van der Waals surface area contributed by atoms with Crippen LogP contribution in [0.2, 0.25) is 0 Å². The molecule has 0 saturated heterocycles. The van der Waals surface area contributed by atoms with E-state index in [1.54, 1.807) is 31.2 Å². The predicted octanol–water partition coefficient (Wildman–Crippen LogP) is 1.40. The second-order valence-corrected chi connectivity index (χ2v) is 5.78. The fourth-order valence-corrected chi connectivity index (χ4v) is 2.42. The molecule has 0 saturated carbocycles. The van der Waals surface area contributed by atoms with Crippen LogP contribution in [0.15, 0.2) is 35.4 Å². The molecule has 0 spiro atoms. The van der Waals surface area contributed by atoms with Crippen LogP contribution in [0, 0.1) is 5.92 Å². The van der Waals surface area contributed by atoms with Crippen LogP contribution < -0.4 is 10.9 Å². The molecule has 1 aromatic heterocycles. The van der Waals surface area contributed by atoms with Gasteiger partial charge >= 0.3 is 5.97 Å². The Morgan fingerprint density at radius 2 is 2.04 bits per heavy atom. The quantitative estimate of drug-likeness (QED) is 0.798. The van der Waals surface area contributed by atoms with Crippen LogP contribution in [0.25, 0.3) is 10.9 Å². The van der Waals surface area contributed by atoms with Gasteiger partial charge in [0.05, 0.1) is 17.2 Å². The summed E-state index contributed by atoms with van der Waals surface area (Å²) in [4.78, 5) is 39.8. The molecule has 0 aliphatic carbocycles. The van der Waals surface area contributed by atoms with Crippen LogP contribution in [-0.2, 0) is 16.1 Å². The zero-order valence-electron chi connectivity index (χ0n) is 13.7. The number of hydrogen-bond acceptors (Lipinski definition) is 4. The predicted molar refractivity (Wildman–Crippen MR) is 89.6 cm³/mol. The lowest BCUT2D eigenvalue weighted by molar-refractivity contribution is -0.143. The van der Waals surface area contributed by atoms with Crippen molar-refractivity contribution < 1.29 is 14.7 Å². The minimum atomic E-state index is -1.05. The first-order valence-corrected chi connectivity index (χ1v) is 7.90. The Morgan fingerprint density at radius 3 is 2.71 bits per heavy atom. The molecule has 1 aromatic carbocycles. The van der Waals surface area contributed by atoms with E-state index in [9.17, 15) is 19.5 Å². The maximum absolute atomic E-state index is 12.3. The standard InChI is InChI=1S/C17H21N3O4/c1-3-11(2)15(17(23)24)19-14(21)8-9-20-10-18-13-7-5-4-6-12(13)16(20)22/h4-7,10-11,15H,3,8-9H2,1-2H3,(H,19,21)(H,23,24)/t11-,15+/m1/s1. The maximum atomic E-state index is 12.3. The zero-order valence-corrected chi connectivity index (χ0v) is 13.7. The summed E-state index contributed by atoms with van der Waals surface area (Å²) in [5, 5.41) is 12.2. The average Bonchev–Trinajstić information content (AvgIpc) is 2.58. The topological polar surface area (TPSA) is 101 Å². The number of nitrogens with one attached hydrogen (secondary N) is 1. The molecule has 1 heterocycles. The molecular weight excluding hydrogens is 310 g/mol. The van der Waals surface area contributed by atoms with Crippen LogP contribution >= 0.6 is 0 Å². The molecule has 0 unspecified atom stereocenters. The number of aliphatic carboxylic acids is 1. The number of aryl methyl sites for hydroxylation is 1. The van der Waals surface area contributed by atoms with Crippen molar-refractivity contribution in [1.29, 1.82) is 0 Å². The number of amides is 1. The summed E-state index contributed by atoms with van der Waals surface area (Å²) in [6, 6.07) is 6.07. The Balaban J connectivity index is 2.05. The van der Waals surface area contributed by atoms with Gasteiger partial charge in [0, 0.05) is 13.0 Å². The number of fused-ring (bicyclic) bond motifs is 1. The third-order valence-electron chi connectivity index (χ3n) is 4.11. The first-order chi connectivity index (χ1) is 11.4. The molecule has 7 heteroatoms. The Labute approximate surface area is 139 Å². The number of carboxylic acids is 1. The summed E-state index contributed by atoms with van der Waals surface area (Å²) < 4.78 is 1.36. The van der Waals surface area contributed by atoms with Crippen molar-refractivity contribution in [2.45, 2.75) is 39.3 Å². The molecule has 0 fully saturated rings. The lowest BCUT2D eigenvalue weighted by atomic mass is 9.99. The van der Waals surface area contributed by atoms with E-state index in [1.165, 1.54) is 10.9 Å². The maximum Gasteiger partial charge on any atom is 0.326 e. The van der Waals surface area contributed by atoms with E-state index in [-0.39, 0.29) is 24.4 Å². The van der Waals surface area contributed by atoms with Crippen LogP contribution in [0.1, 0.15) is 26.7 Å². The van der Waals surface area contributed by atoms with Crippen molar-refractivity contribution in [3.8, 4) is 0 Å². The normalized spacial score (nSPS) is 13.4. The van der Waals surface area contributed by atoms with Crippen LogP contribution in [0.3, 0.4) is 0 Å². The highest BCUT2D eigenvalue weighted by Crippen LogP contribution is 2.08. The molecule has 7 nitrogen and oxygen atoms in total. The molecule has 1 amide bonds. The Hall–Kier alpha value is -2.70. The summed E-state index contributed by atoms with van der Waals surface area (Å²) in [7, 11) is 0. The van der Waals surface area contributed by atoms with Crippen LogP contribution in [0.4, 0.5) is 0 Å². The summed E-state index contributed by atoms with van der Waals surface area (Å²) in [6.07, 6.45) is 2.06. The van der Waals surface area contributed by atoms with E-state index >= 15 is 0 Å². The van der Waals surface area contributed by atoms with Gasteiger partial charge in [0.1, 0.15) is 6.04 Å². The fourth-order valence-electron chi connectivity index (χ4n) is 2.42. The molecule has 2 aromatic rings. The number of aromatic nitrogens is 2. The van der Waals surface area contributed by atoms with Gasteiger partial charge < -0.3 is 10.4 Å². The summed E-state index contributed by atoms with van der Waals surface area (Å²) in [5.41, 5.74) is 0.385. The Morgan fingerprint density at radius 1 is 1.33 bits per heavy atom. The molecule has 2 atom stereocenters. The first kappa shape index (κ1) is 17.7. The van der Waals surface area contributed by atoms with Crippen molar-refractivity contribution in [2.75, 3.05) is 0 Å². The fraction of sp³-hybridized carbons (Fsp3) is 0.412. The van der Waals surface area contributed by atoms with Gasteiger partial charge in [0.25, 0.3) is 5.56 Å². The third kappa shape index (κ3) is 3.98. The van der Waals surface area contributed by atoms with Crippen molar-refractivity contribution in [1.82, 2.24) is 14.9 Å². The van der Waals surface area contributed by atoms with E-state index in [0.717, 1.165) is 0 Å². The largest absolute Gasteiger partial charge is 0.480 e. The number of carbonyl (C=O) groups is 2. The minimum Gasteiger partial charge on any atom is -0.480 e. The lowest BCUT2D eigenvalue weighted by Crippen LogP contribution is -2.45. The molecule has 2 N–H and O–H groups in total. The number of rotatable bonds is 7. The molecular formula is C17H21N3O4. The Bertz CT molecular complexity index is 800. The van der Waals surface area contributed by atoms with Gasteiger partial charge in [-0.25, -0.2) is 9.78 Å². The summed E-state index contributed by atoms with van der Waals surface area (Å²) in [5.74, 6) is -1.62. The zero-order chi connectivity index (χ0) is 17.7. The smallest absolute Gasteiger partial charge is 0.326 e. The van der Waals surface area contributed by atoms with Gasteiger partial charge in [0.15, 0.2) is 0 Å². The second kappa shape index (κ2) is 7.72. The van der Waals surface area contributed by atoms with Crippen molar-refractivity contribution in [2.24, 2.45) is 5.92 Å². The summed E-state index contributed by atoms with van der Waals surface area (Å²) >= 11 is 0. The molecule has 0 aliphatic heterocycles. The lowest BCUT2D eigenvalue weighted by Gasteiger charge is -2.20. The third-order valence-corrected chi connectivity index (χ3v) is 4.11. The minimum absolute atomic E-state index is 0.0140. The number of nitrogens with zero attached hydrogens (tertiary/aromatic N) is 2. The highest BCUT2D eigenvalue weighted by Gasteiger charge is 2.25. The number of carboxylic acid groups (broad SMARTS) is 1. The van der Waals surface area contributed by atoms with E-state index in [2.05, 4.69) is 10.3 Å². The van der Waals surface area contributed by atoms with Gasteiger partial charge in [-0.05, 0) is 18.1 Å². The molecule has 0 bridgehead atoms. The van der Waals surface area contributed by atoms with E-state index < -0.39 is 17.9 Å². The Kier molecular flexibility index (Phi) is 5.68. The number of hydrogen-bond donors (Lipinski definition) is 2. The number of carbonyl (C=O) groups excluding carboxylic acids is 1. The SMILES string of the molecule is CC[C@@H](C)[C@H](NC(=O)CCn1cnc2ccccc2c1=O)C(=O)O. The van der Waals surface area contributed by atoms with Crippen LogP contribution in [0.5, 0.6) is 0 Å². The highest BCUT2D eigenvalue weighted by atomic mass is 16.4. The molecule has 128 valence electrons. The number of benzene rings is 1. The van der Waals surface area contributed by atoms with Gasteiger partial charge in [-0.2, -0.15) is 0 Å². The van der Waals surface area contributed by atoms with Crippen molar-refractivity contribution in [3.05, 3.63) is 40.9 Å². The van der Waals surface area contributed by atoms with Crippen LogP contribution in [-0.4, -0.2) is 32.6 Å². The second-order valence-electron chi connectivity index (χ2n) is 5.78. The average molecular weight is 331 g/mol. The van der Waals surface area contributed by atoms with Gasteiger partial charge in [-0.3, -0.25) is 14.2 Å². The van der Waals surface area contributed by atoms with E-state index in [1.807, 2.05) is 6.92 Å². The van der Waals surface area contributed by atoms with Crippen molar-refractivity contribution in [3.63, 3.8) is 0 Å². The molecule has 0 aliphatic rings.